The highest BCUT2D eigenvalue weighted by Gasteiger charge is 2.17. The Morgan fingerprint density at radius 2 is 2.06 bits per heavy atom. The van der Waals surface area contributed by atoms with Crippen LogP contribution in [0.2, 0.25) is 0 Å². The maximum Gasteiger partial charge on any atom is 0.274 e. The summed E-state index contributed by atoms with van der Waals surface area (Å²) in [7, 11) is 0. The van der Waals surface area contributed by atoms with E-state index in [9.17, 15) is 14.9 Å². The maximum atomic E-state index is 11.2. The summed E-state index contributed by atoms with van der Waals surface area (Å²) < 4.78 is 0. The zero-order chi connectivity index (χ0) is 12.1. The van der Waals surface area contributed by atoms with Crippen LogP contribution in [0.15, 0.2) is 18.2 Å². The topological polar surface area (TPSA) is 60.2 Å². The molecule has 0 fully saturated rings. The van der Waals surface area contributed by atoms with Crippen molar-refractivity contribution in [2.24, 2.45) is 0 Å². The predicted octanol–water partition coefficient (Wildman–Crippen LogP) is 2.68. The van der Waals surface area contributed by atoms with Crippen molar-refractivity contribution in [1.29, 1.82) is 0 Å². The van der Waals surface area contributed by atoms with Gasteiger partial charge in [-0.1, -0.05) is 12.1 Å². The van der Waals surface area contributed by atoms with Crippen molar-refractivity contribution in [3.8, 4) is 0 Å². The van der Waals surface area contributed by atoms with E-state index < -0.39 is 4.92 Å². The van der Waals surface area contributed by atoms with Gasteiger partial charge in [-0.05, 0) is 5.56 Å². The molecule has 0 spiro atoms. The second-order valence-electron chi connectivity index (χ2n) is 3.15. The summed E-state index contributed by atoms with van der Waals surface area (Å²) in [4.78, 5) is 21.4. The fourth-order valence-electron chi connectivity index (χ4n) is 1.37. The van der Waals surface area contributed by atoms with E-state index in [1.165, 1.54) is 12.1 Å². The van der Waals surface area contributed by atoms with Gasteiger partial charge in [0.2, 0.25) is 0 Å². The van der Waals surface area contributed by atoms with Gasteiger partial charge in [0, 0.05) is 18.1 Å². The van der Waals surface area contributed by atoms with Crippen molar-refractivity contribution in [3.05, 3.63) is 39.4 Å². The summed E-state index contributed by atoms with van der Waals surface area (Å²) in [5.74, 6) is -0.291. The lowest BCUT2D eigenvalue weighted by atomic mass is 10.0. The molecule has 0 unspecified atom stereocenters. The van der Waals surface area contributed by atoms with Crippen LogP contribution < -0.4 is 0 Å². The Bertz CT molecular complexity index is 421. The Hall–Kier alpha value is -1.13. The highest BCUT2D eigenvalue weighted by atomic mass is 35.5. The molecule has 0 radical (unpaired) electrons. The van der Waals surface area contributed by atoms with Crippen molar-refractivity contribution in [3.63, 3.8) is 0 Å². The smallest absolute Gasteiger partial charge is 0.274 e. The molecule has 1 aromatic rings. The van der Waals surface area contributed by atoms with Gasteiger partial charge in [-0.3, -0.25) is 14.9 Å². The molecule has 0 aliphatic carbocycles. The average molecular weight is 262 g/mol. The van der Waals surface area contributed by atoms with Crippen LogP contribution in [-0.4, -0.2) is 16.6 Å². The van der Waals surface area contributed by atoms with Crippen LogP contribution in [0.4, 0.5) is 5.69 Å². The van der Waals surface area contributed by atoms with E-state index in [0.717, 1.165) is 0 Å². The van der Waals surface area contributed by atoms with E-state index in [1.807, 2.05) is 0 Å². The quantitative estimate of drug-likeness (QED) is 0.465. The highest BCUT2D eigenvalue weighted by molar-refractivity contribution is 6.27. The fraction of sp³-hybridized carbons (Fsp3) is 0.300. The standard InChI is InChI=1S/C10H9Cl2NO3/c11-5-8(14)4-7-2-1-3-10(13(15)16)9(7)6-12/h1-3H,4-6H2. The minimum atomic E-state index is -0.508. The number of halogens is 2. The first kappa shape index (κ1) is 12.9. The van der Waals surface area contributed by atoms with Crippen LogP contribution in [-0.2, 0) is 17.1 Å². The number of nitrogens with zero attached hydrogens (tertiary/aromatic N) is 1. The monoisotopic (exact) mass is 261 g/mol. The molecule has 0 aromatic heterocycles. The number of alkyl halides is 2. The summed E-state index contributed by atoms with van der Waals surface area (Å²) in [6.07, 6.45) is 0.0766. The van der Waals surface area contributed by atoms with E-state index in [1.54, 1.807) is 6.07 Å². The van der Waals surface area contributed by atoms with Crippen molar-refractivity contribution in [1.82, 2.24) is 0 Å². The molecule has 16 heavy (non-hydrogen) atoms. The van der Waals surface area contributed by atoms with E-state index >= 15 is 0 Å². The fourth-order valence-corrected chi connectivity index (χ4v) is 1.77. The first-order valence-electron chi connectivity index (χ1n) is 4.49. The maximum absolute atomic E-state index is 11.2. The summed E-state index contributed by atoms with van der Waals surface area (Å²) >= 11 is 11.0. The van der Waals surface area contributed by atoms with E-state index in [0.29, 0.717) is 11.1 Å². The molecule has 0 saturated heterocycles. The molecule has 86 valence electrons. The lowest BCUT2D eigenvalue weighted by Crippen LogP contribution is -2.07. The first-order chi connectivity index (χ1) is 7.60. The summed E-state index contributed by atoms with van der Waals surface area (Å²) in [6, 6.07) is 4.55. The predicted molar refractivity (Wildman–Crippen MR) is 62.1 cm³/mol. The number of benzene rings is 1. The number of hydrogen-bond donors (Lipinski definition) is 0. The molecule has 0 heterocycles. The van der Waals surface area contributed by atoms with Crippen LogP contribution in [0.5, 0.6) is 0 Å². The number of carbonyl (C=O) groups is 1. The third-order valence-electron chi connectivity index (χ3n) is 2.12. The highest BCUT2D eigenvalue weighted by Crippen LogP contribution is 2.24. The minimum absolute atomic E-state index is 0.00204. The van der Waals surface area contributed by atoms with Crippen LogP contribution >= 0.6 is 23.2 Å². The molecule has 0 bridgehead atoms. The Balaban J connectivity index is 3.13. The second kappa shape index (κ2) is 5.82. The van der Waals surface area contributed by atoms with Crippen molar-refractivity contribution in [2.75, 3.05) is 5.88 Å². The Morgan fingerprint density at radius 3 is 2.56 bits per heavy atom. The summed E-state index contributed by atoms with van der Waals surface area (Å²) in [5, 5.41) is 10.7. The van der Waals surface area contributed by atoms with E-state index in [2.05, 4.69) is 0 Å². The number of nitro groups is 1. The minimum Gasteiger partial charge on any atom is -0.298 e. The van der Waals surface area contributed by atoms with Gasteiger partial charge in [-0.2, -0.15) is 0 Å². The first-order valence-corrected chi connectivity index (χ1v) is 5.55. The molecule has 0 saturated carbocycles. The van der Waals surface area contributed by atoms with Gasteiger partial charge in [-0.15, -0.1) is 23.2 Å². The lowest BCUT2D eigenvalue weighted by molar-refractivity contribution is -0.385. The van der Waals surface area contributed by atoms with Gasteiger partial charge < -0.3 is 0 Å². The van der Waals surface area contributed by atoms with E-state index in [4.69, 9.17) is 23.2 Å². The van der Waals surface area contributed by atoms with Gasteiger partial charge in [-0.25, -0.2) is 0 Å². The normalized spacial score (nSPS) is 10.1. The molecule has 4 nitrogen and oxygen atoms in total. The lowest BCUT2D eigenvalue weighted by Gasteiger charge is -2.05. The van der Waals surface area contributed by atoms with Crippen molar-refractivity contribution < 1.29 is 9.72 Å². The third-order valence-corrected chi connectivity index (χ3v) is 2.68. The Kier molecular flexibility index (Phi) is 4.71. The van der Waals surface area contributed by atoms with Gasteiger partial charge in [0.05, 0.1) is 16.7 Å². The molecule has 0 N–H and O–H groups in total. The Morgan fingerprint density at radius 1 is 1.38 bits per heavy atom. The van der Waals surface area contributed by atoms with Crippen molar-refractivity contribution in [2.45, 2.75) is 12.3 Å². The van der Waals surface area contributed by atoms with Crippen LogP contribution in [0.25, 0.3) is 0 Å². The molecule has 0 aliphatic heterocycles. The SMILES string of the molecule is O=C(CCl)Cc1cccc([N+](=O)[O-])c1CCl. The van der Waals surface area contributed by atoms with Gasteiger partial charge in [0.1, 0.15) is 0 Å². The summed E-state index contributed by atoms with van der Waals surface area (Å²) in [6.45, 7) is 0. The second-order valence-corrected chi connectivity index (χ2v) is 3.69. The number of hydrogen-bond acceptors (Lipinski definition) is 3. The van der Waals surface area contributed by atoms with Crippen LogP contribution in [0, 0.1) is 10.1 Å². The molecule has 0 atom stereocenters. The number of ketones is 1. The molecule has 1 aromatic carbocycles. The van der Waals surface area contributed by atoms with Gasteiger partial charge in [0.15, 0.2) is 5.78 Å². The van der Waals surface area contributed by atoms with Gasteiger partial charge in [0.25, 0.3) is 5.69 Å². The third kappa shape index (κ3) is 2.93. The van der Waals surface area contributed by atoms with Gasteiger partial charge >= 0.3 is 0 Å². The molecule has 1 rings (SSSR count). The molecular weight excluding hydrogens is 253 g/mol. The molecule has 6 heteroatoms. The van der Waals surface area contributed by atoms with Crippen LogP contribution in [0.3, 0.4) is 0 Å². The number of Topliss-reactive ketones (excluding diaryl/α,β-unsaturated/α-hetero) is 1. The molecule has 0 amide bonds. The van der Waals surface area contributed by atoms with E-state index in [-0.39, 0.29) is 29.7 Å². The van der Waals surface area contributed by atoms with Crippen LogP contribution in [0.1, 0.15) is 11.1 Å². The average Bonchev–Trinajstić information content (AvgIpc) is 2.28. The molecular formula is C10H9Cl2NO3. The zero-order valence-electron chi connectivity index (χ0n) is 8.28. The number of nitro benzene ring substituents is 1. The summed E-state index contributed by atoms with van der Waals surface area (Å²) in [5.41, 5.74) is 0.886. The van der Waals surface area contributed by atoms with Crippen molar-refractivity contribution >= 4 is 34.7 Å². The number of rotatable bonds is 5. The number of carbonyl (C=O) groups excluding carboxylic acids is 1. The zero-order valence-corrected chi connectivity index (χ0v) is 9.79. The molecule has 0 aliphatic rings. The largest absolute Gasteiger partial charge is 0.298 e. The Labute approximate surface area is 102 Å².